The molecule has 0 aliphatic carbocycles. The van der Waals surface area contributed by atoms with E-state index in [9.17, 15) is 17.4 Å². The predicted octanol–water partition coefficient (Wildman–Crippen LogP) is 3.90. The summed E-state index contributed by atoms with van der Waals surface area (Å²) in [6, 6.07) is 2.10. The number of anilines is 1. The molecule has 0 aliphatic heterocycles. The van der Waals surface area contributed by atoms with Crippen molar-refractivity contribution in [3.8, 4) is 11.4 Å². The predicted molar refractivity (Wildman–Crippen MR) is 84.3 cm³/mol. The Balaban J connectivity index is 2.47. The molecule has 1 atom stereocenters. The van der Waals surface area contributed by atoms with Crippen LogP contribution < -0.4 is 10.5 Å². The van der Waals surface area contributed by atoms with Gasteiger partial charge in [0.25, 0.3) is 0 Å². The van der Waals surface area contributed by atoms with Crippen LogP contribution in [0.15, 0.2) is 27.7 Å². The molecule has 5 nitrogen and oxygen atoms in total. The lowest BCUT2D eigenvalue weighted by atomic mass is 10.3. The fourth-order valence-electron chi connectivity index (χ4n) is 1.77. The largest absolute Gasteiger partial charge is 0.573 e. The topological polar surface area (TPSA) is 70.1 Å². The number of nitrogens with zero attached hydrogens (tertiary/aromatic N) is 2. The van der Waals surface area contributed by atoms with E-state index in [0.717, 1.165) is 12.1 Å². The van der Waals surface area contributed by atoms with Crippen molar-refractivity contribution in [2.24, 2.45) is 0 Å². The first-order chi connectivity index (χ1) is 10.6. The van der Waals surface area contributed by atoms with Crippen molar-refractivity contribution >= 4 is 44.1 Å². The molecule has 0 amide bonds. The second-order valence-corrected chi connectivity index (χ2v) is 7.21. The Morgan fingerprint density at radius 3 is 2.65 bits per heavy atom. The lowest BCUT2D eigenvalue weighted by molar-refractivity contribution is -0.274. The van der Waals surface area contributed by atoms with E-state index in [1.165, 1.54) is 10.9 Å². The molecule has 0 radical (unpaired) electrons. The van der Waals surface area contributed by atoms with Gasteiger partial charge in [-0.15, -0.1) is 18.3 Å². The van der Waals surface area contributed by atoms with E-state index < -0.39 is 22.9 Å². The summed E-state index contributed by atoms with van der Waals surface area (Å²) in [6.45, 7) is 1.72. The summed E-state index contributed by atoms with van der Waals surface area (Å²) in [5.41, 5.74) is 5.97. The highest BCUT2D eigenvalue weighted by Crippen LogP contribution is 2.36. The number of hydrogen-bond donors (Lipinski definition) is 1. The normalized spacial score (nSPS) is 13.1. The Bertz CT molecular complexity index is 743. The number of rotatable bonds is 4. The number of ether oxygens (including phenoxy) is 1. The summed E-state index contributed by atoms with van der Waals surface area (Å²) < 4.78 is 53.9. The van der Waals surface area contributed by atoms with E-state index in [-0.39, 0.29) is 21.0 Å². The third-order valence-electron chi connectivity index (χ3n) is 2.67. The van der Waals surface area contributed by atoms with E-state index >= 15 is 0 Å². The average Bonchev–Trinajstić information content (AvgIpc) is 2.76. The van der Waals surface area contributed by atoms with Gasteiger partial charge in [-0.3, -0.25) is 4.21 Å². The first-order valence-electron chi connectivity index (χ1n) is 6.11. The summed E-state index contributed by atoms with van der Waals surface area (Å²) in [5.74, 6) is -0.0669. The van der Waals surface area contributed by atoms with E-state index in [4.69, 9.17) is 17.3 Å². The highest BCUT2D eigenvalue weighted by Gasteiger charge is 2.31. The lowest BCUT2D eigenvalue weighted by Crippen LogP contribution is -2.17. The maximum atomic E-state index is 12.3. The first-order valence-corrected chi connectivity index (χ1v) is 8.60. The number of hydrogen-bond acceptors (Lipinski definition) is 4. The molecule has 2 aromatic rings. The molecule has 1 heterocycles. The molecule has 0 fully saturated rings. The molecule has 2 rings (SSSR count). The zero-order chi connectivity index (χ0) is 17.4. The van der Waals surface area contributed by atoms with Crippen LogP contribution in [0.4, 0.5) is 19.0 Å². The van der Waals surface area contributed by atoms with Crippen LogP contribution in [0.3, 0.4) is 0 Å². The standard InChI is InChI=1S/C12H10BrClF3N3O2S/c1-2-23(21)9-5-20(19-11(9)18)10-7(13)3-6(4-8(10)14)22-12(15,16)17/h3-5H,2H2,1H3,(H2,18,19). The van der Waals surface area contributed by atoms with Crippen LogP contribution in [0.2, 0.25) is 5.02 Å². The number of nitrogens with two attached hydrogens (primary N) is 1. The van der Waals surface area contributed by atoms with Gasteiger partial charge in [0, 0.05) is 22.5 Å². The smallest absolute Gasteiger partial charge is 0.406 e. The Hall–Kier alpha value is -1.26. The fraction of sp³-hybridized carbons (Fsp3) is 0.250. The van der Waals surface area contributed by atoms with E-state index in [2.05, 4.69) is 25.8 Å². The molecule has 2 N–H and O–H groups in total. The van der Waals surface area contributed by atoms with Crippen molar-refractivity contribution in [1.29, 1.82) is 0 Å². The summed E-state index contributed by atoms with van der Waals surface area (Å²) in [5, 5.41) is 3.95. The molecular formula is C12H10BrClF3N3O2S. The third kappa shape index (κ3) is 4.18. The van der Waals surface area contributed by atoms with Gasteiger partial charge in [-0.1, -0.05) is 18.5 Å². The van der Waals surface area contributed by atoms with Crippen molar-refractivity contribution in [1.82, 2.24) is 9.78 Å². The van der Waals surface area contributed by atoms with Gasteiger partial charge >= 0.3 is 6.36 Å². The van der Waals surface area contributed by atoms with E-state index in [0.29, 0.717) is 10.6 Å². The number of aromatic nitrogens is 2. The van der Waals surface area contributed by atoms with Crippen LogP contribution in [-0.4, -0.2) is 26.1 Å². The molecule has 0 saturated heterocycles. The molecule has 0 aliphatic rings. The number of halogens is 5. The number of benzene rings is 1. The molecule has 0 saturated carbocycles. The van der Waals surface area contributed by atoms with Crippen LogP contribution in [0.25, 0.3) is 5.69 Å². The minimum atomic E-state index is -4.83. The molecular weight excluding hydrogens is 423 g/mol. The van der Waals surface area contributed by atoms with E-state index in [1.807, 2.05) is 0 Å². The highest BCUT2D eigenvalue weighted by molar-refractivity contribution is 9.10. The van der Waals surface area contributed by atoms with Gasteiger partial charge in [-0.2, -0.15) is 0 Å². The summed E-state index contributed by atoms with van der Waals surface area (Å²) >= 11 is 9.14. The number of alkyl halides is 3. The molecule has 1 unspecified atom stereocenters. The molecule has 0 bridgehead atoms. The molecule has 1 aromatic heterocycles. The summed E-state index contributed by atoms with van der Waals surface area (Å²) in [7, 11) is -1.33. The van der Waals surface area contributed by atoms with Crippen LogP contribution in [-0.2, 0) is 10.8 Å². The first kappa shape index (κ1) is 18.1. The average molecular weight is 433 g/mol. The third-order valence-corrected chi connectivity index (χ3v) is 4.89. The van der Waals surface area contributed by atoms with E-state index in [1.54, 1.807) is 6.92 Å². The molecule has 0 spiro atoms. The van der Waals surface area contributed by atoms with Crippen LogP contribution in [0.1, 0.15) is 6.92 Å². The Labute approximate surface area is 145 Å². The van der Waals surface area contributed by atoms with Crippen molar-refractivity contribution in [2.75, 3.05) is 11.5 Å². The molecule has 11 heteroatoms. The van der Waals surface area contributed by atoms with Gasteiger partial charge in [-0.25, -0.2) is 4.68 Å². The Kier molecular flexibility index (Phi) is 5.27. The fourth-order valence-corrected chi connectivity index (χ4v) is 3.60. The molecule has 126 valence electrons. The Morgan fingerprint density at radius 2 is 2.13 bits per heavy atom. The summed E-state index contributed by atoms with van der Waals surface area (Å²) in [6.07, 6.45) is -3.41. The lowest BCUT2D eigenvalue weighted by Gasteiger charge is -2.12. The van der Waals surface area contributed by atoms with Crippen molar-refractivity contribution < 1.29 is 22.1 Å². The van der Waals surface area contributed by atoms with Crippen LogP contribution in [0.5, 0.6) is 5.75 Å². The zero-order valence-electron chi connectivity index (χ0n) is 11.5. The second-order valence-electron chi connectivity index (χ2n) is 4.24. The quantitative estimate of drug-likeness (QED) is 0.796. The molecule has 1 aromatic carbocycles. The van der Waals surface area contributed by atoms with Gasteiger partial charge in [-0.05, 0) is 22.0 Å². The van der Waals surface area contributed by atoms with Gasteiger partial charge in [0.1, 0.15) is 10.6 Å². The van der Waals surface area contributed by atoms with Gasteiger partial charge < -0.3 is 10.5 Å². The minimum Gasteiger partial charge on any atom is -0.406 e. The van der Waals surface area contributed by atoms with Crippen LogP contribution >= 0.6 is 27.5 Å². The maximum Gasteiger partial charge on any atom is 0.573 e. The maximum absolute atomic E-state index is 12.3. The van der Waals surface area contributed by atoms with Crippen molar-refractivity contribution in [3.63, 3.8) is 0 Å². The summed E-state index contributed by atoms with van der Waals surface area (Å²) in [4.78, 5) is 0.325. The van der Waals surface area contributed by atoms with Gasteiger partial charge in [0.05, 0.1) is 21.5 Å². The van der Waals surface area contributed by atoms with Crippen molar-refractivity contribution in [3.05, 3.63) is 27.8 Å². The monoisotopic (exact) mass is 431 g/mol. The highest BCUT2D eigenvalue weighted by atomic mass is 79.9. The Morgan fingerprint density at radius 1 is 1.48 bits per heavy atom. The molecule has 23 heavy (non-hydrogen) atoms. The minimum absolute atomic E-state index is 0.0463. The van der Waals surface area contributed by atoms with Crippen LogP contribution in [0, 0.1) is 0 Å². The van der Waals surface area contributed by atoms with Crippen molar-refractivity contribution in [2.45, 2.75) is 18.2 Å². The van der Waals surface area contributed by atoms with Gasteiger partial charge in [0.15, 0.2) is 5.82 Å². The zero-order valence-corrected chi connectivity index (χ0v) is 14.7. The number of nitrogen functional groups attached to an aromatic ring is 1. The SMILES string of the molecule is CCS(=O)c1cn(-c2c(Cl)cc(OC(F)(F)F)cc2Br)nc1N. The van der Waals surface area contributed by atoms with Gasteiger partial charge in [0.2, 0.25) is 0 Å². The second kappa shape index (κ2) is 6.70.